The first-order chi connectivity index (χ1) is 17.6. The van der Waals surface area contributed by atoms with Crippen LogP contribution in [-0.2, 0) is 28.8 Å². The van der Waals surface area contributed by atoms with E-state index in [1.807, 2.05) is 0 Å². The predicted molar refractivity (Wildman–Crippen MR) is 139 cm³/mol. The second kappa shape index (κ2) is 19.6. The minimum Gasteiger partial charge on any atom is -0.353 e. The third-order valence-electron chi connectivity index (χ3n) is 4.46. The van der Waals surface area contributed by atoms with Gasteiger partial charge in [0, 0.05) is 44.4 Å². The molecule has 0 heterocycles. The normalized spacial score (nSPS) is 11.0. The van der Waals surface area contributed by atoms with E-state index in [4.69, 9.17) is 0 Å². The van der Waals surface area contributed by atoms with Crippen molar-refractivity contribution in [3.63, 3.8) is 0 Å². The Morgan fingerprint density at radius 2 is 0.973 bits per heavy atom. The number of hydrogen-bond donors (Lipinski definition) is 6. The van der Waals surface area contributed by atoms with E-state index in [9.17, 15) is 28.8 Å². The van der Waals surface area contributed by atoms with Crippen LogP contribution in [-0.4, -0.2) is 73.7 Å². The molecule has 12 heteroatoms. The highest BCUT2D eigenvalue weighted by Crippen LogP contribution is 1.97. The van der Waals surface area contributed by atoms with Crippen molar-refractivity contribution < 1.29 is 28.8 Å². The molecule has 12 nitrogen and oxygen atoms in total. The van der Waals surface area contributed by atoms with Crippen molar-refractivity contribution in [1.29, 1.82) is 0 Å². The fourth-order valence-corrected chi connectivity index (χ4v) is 2.59. The van der Waals surface area contributed by atoms with Crippen molar-refractivity contribution in [2.75, 3.05) is 26.2 Å². The lowest BCUT2D eigenvalue weighted by molar-refractivity contribution is -0.119. The average Bonchev–Trinajstić information content (AvgIpc) is 2.89. The van der Waals surface area contributed by atoms with E-state index in [-0.39, 0.29) is 25.5 Å². The Morgan fingerprint density at radius 1 is 0.568 bits per heavy atom. The van der Waals surface area contributed by atoms with Gasteiger partial charge in [-0.2, -0.15) is 0 Å². The molecule has 0 spiro atoms. The topological polar surface area (TPSA) is 175 Å². The molecule has 0 aromatic carbocycles. The van der Waals surface area contributed by atoms with Gasteiger partial charge in [0.25, 0.3) is 11.8 Å². The highest BCUT2D eigenvalue weighted by Gasteiger charge is 2.13. The van der Waals surface area contributed by atoms with Crippen LogP contribution in [0.25, 0.3) is 0 Å². The summed E-state index contributed by atoms with van der Waals surface area (Å²) in [6, 6.07) is -1.04. The zero-order valence-electron chi connectivity index (χ0n) is 20.6. The summed E-state index contributed by atoms with van der Waals surface area (Å²) >= 11 is 0. The number of amides is 6. The highest BCUT2D eigenvalue weighted by molar-refractivity contribution is 5.91. The molecule has 0 aliphatic carbocycles. The zero-order chi connectivity index (χ0) is 28.1. The van der Waals surface area contributed by atoms with Crippen molar-refractivity contribution >= 4 is 35.4 Å². The van der Waals surface area contributed by atoms with Crippen LogP contribution in [0, 0.1) is 0 Å². The molecule has 0 saturated heterocycles. The summed E-state index contributed by atoms with van der Waals surface area (Å²) in [5, 5.41) is 15.5. The molecule has 200 valence electrons. The van der Waals surface area contributed by atoms with Gasteiger partial charge in [-0.25, -0.2) is 0 Å². The summed E-state index contributed by atoms with van der Waals surface area (Å²) in [6.45, 7) is 13.9. The summed E-state index contributed by atoms with van der Waals surface area (Å²) in [7, 11) is 0. The lowest BCUT2D eigenvalue weighted by Crippen LogP contribution is -2.49. The molecule has 2 atom stereocenters. The Bertz CT molecular complexity index is 951. The van der Waals surface area contributed by atoms with Crippen LogP contribution in [0.4, 0.5) is 0 Å². The van der Waals surface area contributed by atoms with Gasteiger partial charge in [-0.05, 0) is 37.1 Å². The van der Waals surface area contributed by atoms with E-state index in [2.05, 4.69) is 63.9 Å². The number of carbonyl (C=O) groups excluding carboxylic acids is 6. The molecule has 0 bridgehead atoms. The Labute approximate surface area is 216 Å². The molecule has 0 aliphatic rings. The molecule has 6 N–H and O–H groups in total. The maximum Gasteiger partial charge on any atom is 0.251 e. The lowest BCUT2D eigenvalue weighted by atomic mass is 10.1. The smallest absolute Gasteiger partial charge is 0.251 e. The molecule has 2 unspecified atom stereocenters. The lowest BCUT2D eigenvalue weighted by Gasteiger charge is -2.18. The molecule has 0 aliphatic heterocycles. The van der Waals surface area contributed by atoms with Gasteiger partial charge < -0.3 is 31.9 Å². The summed E-state index contributed by atoms with van der Waals surface area (Å²) < 4.78 is 0. The van der Waals surface area contributed by atoms with Gasteiger partial charge in [0.2, 0.25) is 23.6 Å². The zero-order valence-corrected chi connectivity index (χ0v) is 20.6. The SMILES string of the molecule is C=CC(=O)NCCCC(CNC(=O)C=C=CC(=O)NCC(CNC(=O)C=C)NC(=O)C=C)NC(=O)C=C. The number of carbonyl (C=O) groups is 6. The van der Waals surface area contributed by atoms with E-state index in [1.165, 1.54) is 0 Å². The molecular formula is C25H34N6O6. The summed E-state index contributed by atoms with van der Waals surface area (Å²) in [5.41, 5.74) is 2.45. The molecular weight excluding hydrogens is 480 g/mol. The molecule has 0 radical (unpaired) electrons. The first-order valence-electron chi connectivity index (χ1n) is 11.3. The van der Waals surface area contributed by atoms with Crippen molar-refractivity contribution in [2.45, 2.75) is 24.9 Å². The van der Waals surface area contributed by atoms with Crippen molar-refractivity contribution in [2.24, 2.45) is 0 Å². The van der Waals surface area contributed by atoms with E-state index in [0.29, 0.717) is 19.4 Å². The van der Waals surface area contributed by atoms with E-state index in [1.54, 1.807) is 0 Å². The molecule has 0 fully saturated rings. The van der Waals surface area contributed by atoms with Gasteiger partial charge in [0.15, 0.2) is 0 Å². The Hall–Kier alpha value is -4.70. The highest BCUT2D eigenvalue weighted by atomic mass is 16.2. The fourth-order valence-electron chi connectivity index (χ4n) is 2.59. The minimum atomic E-state index is -0.619. The Balaban J connectivity index is 4.75. The second-order valence-corrected chi connectivity index (χ2v) is 7.35. The quantitative estimate of drug-likeness (QED) is 0.0749. The summed E-state index contributed by atoms with van der Waals surface area (Å²) in [5.74, 6) is -2.78. The van der Waals surface area contributed by atoms with Crippen LogP contribution in [0.5, 0.6) is 0 Å². The van der Waals surface area contributed by atoms with E-state index in [0.717, 1.165) is 36.5 Å². The Kier molecular flexibility index (Phi) is 17.1. The van der Waals surface area contributed by atoms with Gasteiger partial charge in [-0.3, -0.25) is 28.8 Å². The van der Waals surface area contributed by atoms with Crippen molar-refractivity contribution in [1.82, 2.24) is 31.9 Å². The van der Waals surface area contributed by atoms with Crippen LogP contribution >= 0.6 is 0 Å². The van der Waals surface area contributed by atoms with Crippen LogP contribution < -0.4 is 31.9 Å². The molecule has 37 heavy (non-hydrogen) atoms. The summed E-state index contributed by atoms with van der Waals surface area (Å²) in [6.07, 6.45) is 7.40. The molecule has 0 saturated carbocycles. The van der Waals surface area contributed by atoms with Crippen LogP contribution in [0.2, 0.25) is 0 Å². The summed E-state index contributed by atoms with van der Waals surface area (Å²) in [4.78, 5) is 69.7. The number of rotatable bonds is 18. The van der Waals surface area contributed by atoms with Gasteiger partial charge >= 0.3 is 0 Å². The maximum atomic E-state index is 12.1. The monoisotopic (exact) mass is 514 g/mol. The largest absolute Gasteiger partial charge is 0.353 e. The molecule has 0 aromatic heterocycles. The maximum absolute atomic E-state index is 12.1. The van der Waals surface area contributed by atoms with Crippen LogP contribution in [0.1, 0.15) is 12.8 Å². The molecule has 6 amide bonds. The van der Waals surface area contributed by atoms with Gasteiger partial charge in [0.1, 0.15) is 0 Å². The first-order valence-corrected chi connectivity index (χ1v) is 11.3. The average molecular weight is 515 g/mol. The Morgan fingerprint density at radius 3 is 1.46 bits per heavy atom. The fraction of sp³-hybridized carbons (Fsp3) is 0.320. The van der Waals surface area contributed by atoms with Gasteiger partial charge in [-0.15, -0.1) is 5.73 Å². The minimum absolute atomic E-state index is 0.0157. The van der Waals surface area contributed by atoms with E-state index < -0.39 is 41.6 Å². The van der Waals surface area contributed by atoms with Crippen LogP contribution in [0.3, 0.4) is 0 Å². The molecule has 0 aromatic rings. The number of hydrogen-bond acceptors (Lipinski definition) is 6. The van der Waals surface area contributed by atoms with Crippen molar-refractivity contribution in [3.05, 3.63) is 68.5 Å². The number of nitrogens with one attached hydrogen (secondary N) is 6. The second-order valence-electron chi connectivity index (χ2n) is 7.35. The third kappa shape index (κ3) is 17.4. The molecule has 0 rings (SSSR count). The third-order valence-corrected chi connectivity index (χ3v) is 4.46. The van der Waals surface area contributed by atoms with Crippen LogP contribution in [0.15, 0.2) is 68.5 Å². The van der Waals surface area contributed by atoms with Crippen molar-refractivity contribution in [3.8, 4) is 0 Å². The van der Waals surface area contributed by atoms with E-state index >= 15 is 0 Å². The first kappa shape index (κ1) is 32.3. The standard InChI is InChI=1S/C25H34N6O6/c1-5-20(32)26-14-10-11-18(30-22(34)7-3)15-28-24(36)12-9-13-25(37)29-17-19(31-23(35)8-4)16-27-21(33)6-2/h5-8,12-13,18-19H,1-4,10-11,14-17H2,(H,26,32)(H,27,33)(H,28,36)(H,29,37)(H,30,34)(H,31,35). The predicted octanol–water partition coefficient (Wildman–Crippen LogP) is -1.34. The van der Waals surface area contributed by atoms with Gasteiger partial charge in [0.05, 0.1) is 6.04 Å². The van der Waals surface area contributed by atoms with Gasteiger partial charge in [-0.1, -0.05) is 26.3 Å².